The molecule has 0 aromatic rings. The van der Waals surface area contributed by atoms with Crippen LogP contribution in [0, 0.1) is 0 Å². The number of hydrogen-bond acceptors (Lipinski definition) is 2. The lowest BCUT2D eigenvalue weighted by Crippen LogP contribution is -2.06. The molecule has 0 fully saturated rings. The molecule has 0 bridgehead atoms. The Kier molecular flexibility index (Phi) is 13.3. The molecule has 2 nitrogen and oxygen atoms in total. The highest BCUT2D eigenvalue weighted by molar-refractivity contribution is 4.58. The van der Waals surface area contributed by atoms with Gasteiger partial charge in [0.2, 0.25) is 0 Å². The van der Waals surface area contributed by atoms with E-state index in [2.05, 4.69) is 13.8 Å². The molecular weight excluding hydrogens is 224 g/mol. The molecule has 0 aromatic heterocycles. The second-order valence-corrected chi connectivity index (χ2v) is 5.58. The molecule has 0 radical (unpaired) electrons. The molecule has 2 N–H and O–H groups in total. The highest BCUT2D eigenvalue weighted by Crippen LogP contribution is 2.13. The van der Waals surface area contributed by atoms with Crippen LogP contribution in [0.5, 0.6) is 0 Å². The molecule has 0 saturated carbocycles. The SMILES string of the molecule is CCCCC(O)CCCCCCCC(O)CCC. The minimum atomic E-state index is -0.0779. The van der Waals surface area contributed by atoms with Gasteiger partial charge >= 0.3 is 0 Å². The Morgan fingerprint density at radius 3 is 1.50 bits per heavy atom. The minimum absolute atomic E-state index is 0.0728. The third kappa shape index (κ3) is 12.4. The Bertz CT molecular complexity index is 159. The van der Waals surface area contributed by atoms with Crippen LogP contribution in [0.1, 0.15) is 90.9 Å². The van der Waals surface area contributed by atoms with E-state index < -0.39 is 0 Å². The molecule has 2 unspecified atom stereocenters. The van der Waals surface area contributed by atoms with Gasteiger partial charge in [0.25, 0.3) is 0 Å². The van der Waals surface area contributed by atoms with E-state index in [0.717, 1.165) is 51.4 Å². The fourth-order valence-corrected chi connectivity index (χ4v) is 2.35. The van der Waals surface area contributed by atoms with Gasteiger partial charge in [-0.3, -0.25) is 0 Å². The summed E-state index contributed by atoms with van der Waals surface area (Å²) in [5, 5.41) is 19.3. The van der Waals surface area contributed by atoms with Gasteiger partial charge in [0.15, 0.2) is 0 Å². The predicted molar refractivity (Wildman–Crippen MR) is 78.8 cm³/mol. The molecule has 0 amide bonds. The zero-order valence-electron chi connectivity index (χ0n) is 12.5. The smallest absolute Gasteiger partial charge is 0.0540 e. The maximum atomic E-state index is 9.68. The van der Waals surface area contributed by atoms with Crippen LogP contribution in [0.3, 0.4) is 0 Å². The third-order valence-corrected chi connectivity index (χ3v) is 3.59. The second-order valence-electron chi connectivity index (χ2n) is 5.58. The van der Waals surface area contributed by atoms with Crippen LogP contribution in [-0.4, -0.2) is 22.4 Å². The zero-order chi connectivity index (χ0) is 13.6. The van der Waals surface area contributed by atoms with Crippen LogP contribution in [0.25, 0.3) is 0 Å². The van der Waals surface area contributed by atoms with Gasteiger partial charge in [-0.1, -0.05) is 65.2 Å². The highest BCUT2D eigenvalue weighted by atomic mass is 16.3. The minimum Gasteiger partial charge on any atom is -0.393 e. The molecule has 0 aliphatic carbocycles. The van der Waals surface area contributed by atoms with E-state index >= 15 is 0 Å². The average Bonchev–Trinajstić information content (AvgIpc) is 2.35. The summed E-state index contributed by atoms with van der Waals surface area (Å²) in [7, 11) is 0. The van der Waals surface area contributed by atoms with Crippen molar-refractivity contribution in [1.82, 2.24) is 0 Å². The molecule has 0 aliphatic heterocycles. The van der Waals surface area contributed by atoms with Gasteiger partial charge in [-0.2, -0.15) is 0 Å². The lowest BCUT2D eigenvalue weighted by atomic mass is 10.0. The number of aliphatic hydroxyl groups excluding tert-OH is 2. The molecule has 0 rings (SSSR count). The topological polar surface area (TPSA) is 40.5 Å². The Hall–Kier alpha value is -0.0800. The lowest BCUT2D eigenvalue weighted by Gasteiger charge is -2.10. The Morgan fingerprint density at radius 2 is 1.00 bits per heavy atom. The van der Waals surface area contributed by atoms with Crippen molar-refractivity contribution in [1.29, 1.82) is 0 Å². The molecule has 0 heterocycles. The molecule has 2 heteroatoms. The van der Waals surface area contributed by atoms with Crippen molar-refractivity contribution in [2.24, 2.45) is 0 Å². The summed E-state index contributed by atoms with van der Waals surface area (Å²) in [5.74, 6) is 0. The summed E-state index contributed by atoms with van der Waals surface area (Å²) in [6.07, 6.45) is 13.1. The van der Waals surface area contributed by atoms with Gasteiger partial charge in [-0.05, 0) is 25.7 Å². The van der Waals surface area contributed by atoms with Crippen LogP contribution in [-0.2, 0) is 0 Å². The molecule has 0 aromatic carbocycles. The first-order chi connectivity index (χ1) is 8.70. The molecule has 0 aliphatic rings. The van der Waals surface area contributed by atoms with Crippen molar-refractivity contribution in [2.75, 3.05) is 0 Å². The van der Waals surface area contributed by atoms with Crippen LogP contribution >= 0.6 is 0 Å². The predicted octanol–water partition coefficient (Wildman–Crippen LogP) is 4.43. The van der Waals surface area contributed by atoms with Gasteiger partial charge < -0.3 is 10.2 Å². The maximum absolute atomic E-state index is 9.68. The number of rotatable bonds is 13. The molecule has 0 spiro atoms. The zero-order valence-corrected chi connectivity index (χ0v) is 12.5. The normalized spacial score (nSPS) is 14.7. The van der Waals surface area contributed by atoms with Gasteiger partial charge in [0.1, 0.15) is 0 Å². The van der Waals surface area contributed by atoms with E-state index in [1.807, 2.05) is 0 Å². The molecule has 0 saturated heterocycles. The number of unbranched alkanes of at least 4 members (excludes halogenated alkanes) is 5. The van der Waals surface area contributed by atoms with Crippen LogP contribution < -0.4 is 0 Å². The van der Waals surface area contributed by atoms with Crippen molar-refractivity contribution in [3.8, 4) is 0 Å². The van der Waals surface area contributed by atoms with E-state index in [-0.39, 0.29) is 12.2 Å². The second kappa shape index (κ2) is 13.4. The average molecular weight is 258 g/mol. The quantitative estimate of drug-likeness (QED) is 0.480. The summed E-state index contributed by atoms with van der Waals surface area (Å²) in [5.41, 5.74) is 0. The molecular formula is C16H34O2. The lowest BCUT2D eigenvalue weighted by molar-refractivity contribution is 0.146. The summed E-state index contributed by atoms with van der Waals surface area (Å²) in [6, 6.07) is 0. The van der Waals surface area contributed by atoms with Gasteiger partial charge in [-0.15, -0.1) is 0 Å². The van der Waals surface area contributed by atoms with Crippen molar-refractivity contribution in [3.63, 3.8) is 0 Å². The first-order valence-corrected chi connectivity index (χ1v) is 8.06. The van der Waals surface area contributed by atoms with Crippen molar-refractivity contribution in [3.05, 3.63) is 0 Å². The highest BCUT2D eigenvalue weighted by Gasteiger charge is 2.04. The summed E-state index contributed by atoms with van der Waals surface area (Å²) in [4.78, 5) is 0. The Labute approximate surface area is 114 Å². The van der Waals surface area contributed by atoms with Gasteiger partial charge in [0.05, 0.1) is 12.2 Å². The van der Waals surface area contributed by atoms with E-state index in [4.69, 9.17) is 0 Å². The first kappa shape index (κ1) is 17.9. The molecule has 2 atom stereocenters. The van der Waals surface area contributed by atoms with Crippen molar-refractivity contribution < 1.29 is 10.2 Å². The first-order valence-electron chi connectivity index (χ1n) is 8.06. The van der Waals surface area contributed by atoms with E-state index in [1.165, 1.54) is 25.7 Å². The van der Waals surface area contributed by atoms with E-state index in [9.17, 15) is 10.2 Å². The summed E-state index contributed by atoms with van der Waals surface area (Å²) >= 11 is 0. The van der Waals surface area contributed by atoms with E-state index in [1.54, 1.807) is 0 Å². The fourth-order valence-electron chi connectivity index (χ4n) is 2.35. The molecule has 110 valence electrons. The monoisotopic (exact) mass is 258 g/mol. The molecule has 18 heavy (non-hydrogen) atoms. The summed E-state index contributed by atoms with van der Waals surface area (Å²) in [6.45, 7) is 4.28. The Balaban J connectivity index is 3.15. The van der Waals surface area contributed by atoms with Gasteiger partial charge in [-0.25, -0.2) is 0 Å². The van der Waals surface area contributed by atoms with Gasteiger partial charge in [0, 0.05) is 0 Å². The maximum Gasteiger partial charge on any atom is 0.0540 e. The van der Waals surface area contributed by atoms with Crippen molar-refractivity contribution >= 4 is 0 Å². The fraction of sp³-hybridized carbons (Fsp3) is 1.00. The summed E-state index contributed by atoms with van der Waals surface area (Å²) < 4.78 is 0. The van der Waals surface area contributed by atoms with E-state index in [0.29, 0.717) is 0 Å². The van der Waals surface area contributed by atoms with Crippen molar-refractivity contribution in [2.45, 2.75) is 103 Å². The van der Waals surface area contributed by atoms with Crippen LogP contribution in [0.2, 0.25) is 0 Å². The standard InChI is InChI=1S/C16H34O2/c1-3-5-12-16(18)14-10-8-6-7-9-13-15(17)11-4-2/h15-18H,3-14H2,1-2H3. The number of aliphatic hydroxyl groups is 2. The van der Waals surface area contributed by atoms with Crippen LogP contribution in [0.4, 0.5) is 0 Å². The number of hydrogen-bond donors (Lipinski definition) is 2. The third-order valence-electron chi connectivity index (χ3n) is 3.59. The largest absolute Gasteiger partial charge is 0.393 e. The van der Waals surface area contributed by atoms with Crippen LogP contribution in [0.15, 0.2) is 0 Å². The Morgan fingerprint density at radius 1 is 0.556 bits per heavy atom.